The summed E-state index contributed by atoms with van der Waals surface area (Å²) in [6.45, 7) is 9.83. The molecule has 0 amide bonds. The van der Waals surface area contributed by atoms with Crippen molar-refractivity contribution in [2.24, 2.45) is 5.92 Å². The third kappa shape index (κ3) is 3.39. The second-order valence-electron chi connectivity index (χ2n) is 8.57. The Morgan fingerprint density at radius 2 is 1.77 bits per heavy atom. The third-order valence-corrected chi connectivity index (χ3v) is 6.51. The van der Waals surface area contributed by atoms with E-state index >= 15 is 0 Å². The molecule has 1 atom stereocenters. The number of aromatic nitrogens is 2. The predicted molar refractivity (Wildman–Crippen MR) is 124 cm³/mol. The molecule has 4 rings (SSSR count). The molecule has 0 spiro atoms. The van der Waals surface area contributed by atoms with Crippen LogP contribution in [0.1, 0.15) is 43.2 Å². The van der Waals surface area contributed by atoms with Gasteiger partial charge in [0.05, 0.1) is 24.9 Å². The Hall–Kier alpha value is -3.07. The molecular formula is C27H30N2O. The highest BCUT2D eigenvalue weighted by Gasteiger charge is 2.36. The first kappa shape index (κ1) is 20.2. The molecule has 0 radical (unpaired) electrons. The zero-order valence-electron chi connectivity index (χ0n) is 18.5. The van der Waals surface area contributed by atoms with E-state index in [-0.39, 0.29) is 5.41 Å². The van der Waals surface area contributed by atoms with Crippen molar-refractivity contribution in [2.45, 2.75) is 39.7 Å². The SMILES string of the molecule is COc1cccc2c1c(C(C)(c1ccc(C)cc1)C(C)C)cn2Cc1ccccn1. The van der Waals surface area contributed by atoms with Crippen LogP contribution in [0.15, 0.2) is 73.1 Å². The molecular weight excluding hydrogens is 368 g/mol. The van der Waals surface area contributed by atoms with Gasteiger partial charge >= 0.3 is 0 Å². The number of rotatable bonds is 6. The molecule has 4 aromatic rings. The van der Waals surface area contributed by atoms with Crippen molar-refractivity contribution in [1.29, 1.82) is 0 Å². The van der Waals surface area contributed by atoms with Gasteiger partial charge in [0.1, 0.15) is 5.75 Å². The van der Waals surface area contributed by atoms with E-state index in [2.05, 4.69) is 92.0 Å². The van der Waals surface area contributed by atoms with Crippen molar-refractivity contribution in [3.05, 3.63) is 95.4 Å². The first-order valence-electron chi connectivity index (χ1n) is 10.6. The third-order valence-electron chi connectivity index (χ3n) is 6.51. The molecule has 0 aliphatic rings. The molecule has 2 aromatic carbocycles. The Morgan fingerprint density at radius 1 is 1.00 bits per heavy atom. The van der Waals surface area contributed by atoms with Crippen LogP contribution in [0.5, 0.6) is 5.75 Å². The lowest BCUT2D eigenvalue weighted by Crippen LogP contribution is -2.30. The maximum Gasteiger partial charge on any atom is 0.128 e. The summed E-state index contributed by atoms with van der Waals surface area (Å²) in [6, 6.07) is 21.3. The van der Waals surface area contributed by atoms with E-state index in [1.165, 1.54) is 27.6 Å². The number of fused-ring (bicyclic) bond motifs is 1. The van der Waals surface area contributed by atoms with Gasteiger partial charge in [-0.2, -0.15) is 0 Å². The first-order valence-corrected chi connectivity index (χ1v) is 10.6. The summed E-state index contributed by atoms with van der Waals surface area (Å²) in [5, 5.41) is 1.19. The Balaban J connectivity index is 1.97. The van der Waals surface area contributed by atoms with Gasteiger partial charge < -0.3 is 9.30 Å². The zero-order valence-corrected chi connectivity index (χ0v) is 18.5. The largest absolute Gasteiger partial charge is 0.496 e. The summed E-state index contributed by atoms with van der Waals surface area (Å²) in [5.74, 6) is 1.32. The topological polar surface area (TPSA) is 27.1 Å². The van der Waals surface area contributed by atoms with E-state index in [1.54, 1.807) is 7.11 Å². The van der Waals surface area contributed by atoms with Crippen LogP contribution in [0, 0.1) is 12.8 Å². The van der Waals surface area contributed by atoms with E-state index in [1.807, 2.05) is 18.3 Å². The summed E-state index contributed by atoms with van der Waals surface area (Å²) in [5.41, 5.74) is 5.96. The van der Waals surface area contributed by atoms with E-state index in [9.17, 15) is 0 Å². The standard InChI is InChI=1S/C27H30N2O/c1-19(2)27(4,21-14-12-20(3)13-15-21)23-18-29(17-22-9-6-7-16-28-22)24-10-8-11-25(30-5)26(23)24/h6-16,18-19H,17H2,1-5H3. The fourth-order valence-corrected chi connectivity index (χ4v) is 4.38. The second-order valence-corrected chi connectivity index (χ2v) is 8.57. The van der Waals surface area contributed by atoms with Crippen LogP contribution in [-0.2, 0) is 12.0 Å². The summed E-state index contributed by atoms with van der Waals surface area (Å²) in [4.78, 5) is 4.55. The van der Waals surface area contributed by atoms with Crippen LogP contribution in [0.4, 0.5) is 0 Å². The molecule has 0 N–H and O–H groups in total. The van der Waals surface area contributed by atoms with Crippen LogP contribution in [-0.4, -0.2) is 16.7 Å². The second kappa shape index (κ2) is 7.98. The number of aryl methyl sites for hydroxylation is 1. The van der Waals surface area contributed by atoms with Crippen molar-refractivity contribution in [3.63, 3.8) is 0 Å². The van der Waals surface area contributed by atoms with Crippen molar-refractivity contribution in [1.82, 2.24) is 9.55 Å². The van der Waals surface area contributed by atoms with E-state index in [0.29, 0.717) is 5.92 Å². The van der Waals surface area contributed by atoms with Crippen molar-refractivity contribution in [3.8, 4) is 5.75 Å². The maximum atomic E-state index is 5.83. The zero-order chi connectivity index (χ0) is 21.3. The van der Waals surface area contributed by atoms with Crippen LogP contribution < -0.4 is 4.74 Å². The molecule has 3 heteroatoms. The Bertz CT molecular complexity index is 1140. The van der Waals surface area contributed by atoms with Crippen molar-refractivity contribution < 1.29 is 4.74 Å². The predicted octanol–water partition coefficient (Wildman–Crippen LogP) is 6.36. The number of methoxy groups -OCH3 is 1. The lowest BCUT2D eigenvalue weighted by molar-refractivity contribution is 0.401. The number of benzene rings is 2. The normalized spacial score (nSPS) is 13.5. The molecule has 30 heavy (non-hydrogen) atoms. The van der Waals surface area contributed by atoms with Crippen LogP contribution in [0.25, 0.3) is 10.9 Å². The number of ether oxygens (including phenoxy) is 1. The quantitative estimate of drug-likeness (QED) is 0.378. The average Bonchev–Trinajstić information content (AvgIpc) is 3.13. The Labute approximate surface area is 179 Å². The smallest absolute Gasteiger partial charge is 0.128 e. The Morgan fingerprint density at radius 3 is 2.40 bits per heavy atom. The summed E-state index contributed by atoms with van der Waals surface area (Å²) in [7, 11) is 1.76. The lowest BCUT2D eigenvalue weighted by Gasteiger charge is -2.35. The molecule has 0 fully saturated rings. The summed E-state index contributed by atoms with van der Waals surface area (Å²) < 4.78 is 8.14. The fraction of sp³-hybridized carbons (Fsp3) is 0.296. The number of hydrogen-bond donors (Lipinski definition) is 0. The van der Waals surface area contributed by atoms with Gasteiger partial charge in [-0.1, -0.05) is 62.7 Å². The highest BCUT2D eigenvalue weighted by Crippen LogP contribution is 2.45. The molecule has 0 aliphatic heterocycles. The molecule has 2 aromatic heterocycles. The van der Waals surface area contributed by atoms with Gasteiger partial charge in [-0.05, 0) is 48.2 Å². The minimum absolute atomic E-state index is 0.157. The van der Waals surface area contributed by atoms with Gasteiger partial charge in [-0.25, -0.2) is 0 Å². The molecule has 2 heterocycles. The van der Waals surface area contributed by atoms with E-state index in [0.717, 1.165) is 18.0 Å². The van der Waals surface area contributed by atoms with Gasteiger partial charge in [-0.15, -0.1) is 0 Å². The molecule has 1 unspecified atom stereocenters. The van der Waals surface area contributed by atoms with E-state index in [4.69, 9.17) is 4.74 Å². The molecule has 154 valence electrons. The van der Waals surface area contributed by atoms with Gasteiger partial charge in [-0.3, -0.25) is 4.98 Å². The van der Waals surface area contributed by atoms with Gasteiger partial charge in [0.25, 0.3) is 0 Å². The average molecular weight is 399 g/mol. The molecule has 3 nitrogen and oxygen atoms in total. The summed E-state index contributed by atoms with van der Waals surface area (Å²) >= 11 is 0. The monoisotopic (exact) mass is 398 g/mol. The fourth-order valence-electron chi connectivity index (χ4n) is 4.38. The first-order chi connectivity index (χ1) is 14.4. The lowest BCUT2D eigenvalue weighted by atomic mass is 9.68. The van der Waals surface area contributed by atoms with Gasteiger partial charge in [0.15, 0.2) is 0 Å². The number of nitrogens with zero attached hydrogens (tertiary/aromatic N) is 2. The van der Waals surface area contributed by atoms with Crippen LogP contribution >= 0.6 is 0 Å². The molecule has 0 aliphatic carbocycles. The molecule has 0 saturated carbocycles. The molecule has 0 saturated heterocycles. The highest BCUT2D eigenvalue weighted by atomic mass is 16.5. The van der Waals surface area contributed by atoms with Gasteiger partial charge in [0.2, 0.25) is 0 Å². The summed E-state index contributed by atoms with van der Waals surface area (Å²) in [6.07, 6.45) is 4.16. The van der Waals surface area contributed by atoms with Gasteiger partial charge in [0, 0.05) is 23.2 Å². The number of hydrogen-bond acceptors (Lipinski definition) is 2. The number of pyridine rings is 1. The van der Waals surface area contributed by atoms with Crippen LogP contribution in [0.3, 0.4) is 0 Å². The maximum absolute atomic E-state index is 5.83. The minimum Gasteiger partial charge on any atom is -0.496 e. The van der Waals surface area contributed by atoms with E-state index < -0.39 is 0 Å². The molecule has 0 bridgehead atoms. The Kier molecular flexibility index (Phi) is 5.38. The van der Waals surface area contributed by atoms with Crippen molar-refractivity contribution >= 4 is 10.9 Å². The van der Waals surface area contributed by atoms with Crippen LogP contribution in [0.2, 0.25) is 0 Å². The minimum atomic E-state index is -0.157. The highest BCUT2D eigenvalue weighted by molar-refractivity contribution is 5.91. The van der Waals surface area contributed by atoms with Crippen molar-refractivity contribution in [2.75, 3.05) is 7.11 Å².